The molecule has 0 N–H and O–H groups in total. The second-order valence-electron chi connectivity index (χ2n) is 4.42. The van der Waals surface area contributed by atoms with Gasteiger partial charge in [-0.3, -0.25) is 4.79 Å². The number of halogens is 3. The molecule has 0 saturated carbocycles. The van der Waals surface area contributed by atoms with Gasteiger partial charge in [-0.25, -0.2) is 8.78 Å². The summed E-state index contributed by atoms with van der Waals surface area (Å²) >= 11 is 3.20. The fourth-order valence-corrected chi connectivity index (χ4v) is 2.21. The van der Waals surface area contributed by atoms with E-state index in [2.05, 4.69) is 15.9 Å². The SMILES string of the molecule is CN(Cc1cccc(F)c1)C(=O)c1cc(Br)ccc1F. The number of benzene rings is 2. The van der Waals surface area contributed by atoms with Crippen molar-refractivity contribution in [3.8, 4) is 0 Å². The van der Waals surface area contributed by atoms with E-state index in [1.54, 1.807) is 19.2 Å². The average molecular weight is 340 g/mol. The van der Waals surface area contributed by atoms with Crippen LogP contribution in [-0.4, -0.2) is 17.9 Å². The van der Waals surface area contributed by atoms with Gasteiger partial charge in [-0.15, -0.1) is 0 Å². The molecule has 0 aromatic heterocycles. The lowest BCUT2D eigenvalue weighted by Gasteiger charge is -2.18. The fraction of sp³-hybridized carbons (Fsp3) is 0.133. The molecule has 20 heavy (non-hydrogen) atoms. The fourth-order valence-electron chi connectivity index (χ4n) is 1.85. The van der Waals surface area contributed by atoms with Gasteiger partial charge in [-0.1, -0.05) is 28.1 Å². The molecule has 2 aromatic carbocycles. The van der Waals surface area contributed by atoms with E-state index < -0.39 is 11.7 Å². The molecule has 104 valence electrons. The molecule has 0 heterocycles. The van der Waals surface area contributed by atoms with E-state index in [0.29, 0.717) is 10.0 Å². The van der Waals surface area contributed by atoms with Crippen molar-refractivity contribution >= 4 is 21.8 Å². The van der Waals surface area contributed by atoms with Crippen LogP contribution in [0.2, 0.25) is 0 Å². The molecule has 0 aliphatic carbocycles. The maximum absolute atomic E-state index is 13.7. The molecule has 0 aliphatic heterocycles. The predicted octanol–water partition coefficient (Wildman–Crippen LogP) is 4.00. The molecule has 0 bridgehead atoms. The quantitative estimate of drug-likeness (QED) is 0.827. The molecule has 5 heteroatoms. The van der Waals surface area contributed by atoms with Gasteiger partial charge in [-0.2, -0.15) is 0 Å². The molecular formula is C15H12BrF2NO. The third kappa shape index (κ3) is 3.42. The van der Waals surface area contributed by atoms with Gasteiger partial charge >= 0.3 is 0 Å². The summed E-state index contributed by atoms with van der Waals surface area (Å²) in [7, 11) is 1.55. The van der Waals surface area contributed by atoms with Gasteiger partial charge in [0.2, 0.25) is 0 Å². The van der Waals surface area contributed by atoms with Crippen LogP contribution in [0.5, 0.6) is 0 Å². The van der Waals surface area contributed by atoms with Gasteiger partial charge in [0.05, 0.1) is 5.56 Å². The van der Waals surface area contributed by atoms with Crippen LogP contribution in [0.3, 0.4) is 0 Å². The normalized spacial score (nSPS) is 10.4. The van der Waals surface area contributed by atoms with E-state index in [1.165, 1.54) is 35.2 Å². The van der Waals surface area contributed by atoms with Crippen LogP contribution in [0.25, 0.3) is 0 Å². The zero-order valence-corrected chi connectivity index (χ0v) is 12.3. The Balaban J connectivity index is 2.18. The molecule has 2 rings (SSSR count). The summed E-state index contributed by atoms with van der Waals surface area (Å²) in [6.07, 6.45) is 0. The van der Waals surface area contributed by atoms with E-state index in [-0.39, 0.29) is 17.9 Å². The molecular weight excluding hydrogens is 328 g/mol. The molecule has 2 aromatic rings. The first kappa shape index (κ1) is 14.7. The second kappa shape index (κ2) is 6.13. The Morgan fingerprint density at radius 1 is 1.20 bits per heavy atom. The Kier molecular flexibility index (Phi) is 4.49. The first-order valence-electron chi connectivity index (χ1n) is 5.92. The van der Waals surface area contributed by atoms with Crippen molar-refractivity contribution in [3.05, 3.63) is 69.7 Å². The zero-order chi connectivity index (χ0) is 14.7. The molecule has 2 nitrogen and oxygen atoms in total. The highest BCUT2D eigenvalue weighted by atomic mass is 79.9. The highest BCUT2D eigenvalue weighted by molar-refractivity contribution is 9.10. The molecule has 0 aliphatic rings. The largest absolute Gasteiger partial charge is 0.337 e. The van der Waals surface area contributed by atoms with Crippen LogP contribution in [0.15, 0.2) is 46.9 Å². The first-order valence-corrected chi connectivity index (χ1v) is 6.71. The zero-order valence-electron chi connectivity index (χ0n) is 10.7. The average Bonchev–Trinajstić information content (AvgIpc) is 2.40. The Bertz CT molecular complexity index is 646. The molecule has 0 spiro atoms. The number of hydrogen-bond donors (Lipinski definition) is 0. The van der Waals surface area contributed by atoms with Crippen LogP contribution in [0.1, 0.15) is 15.9 Å². The van der Waals surface area contributed by atoms with Crippen molar-refractivity contribution in [3.63, 3.8) is 0 Å². The van der Waals surface area contributed by atoms with Crippen molar-refractivity contribution < 1.29 is 13.6 Å². The van der Waals surface area contributed by atoms with Crippen molar-refractivity contribution in [1.29, 1.82) is 0 Å². The van der Waals surface area contributed by atoms with Crippen molar-refractivity contribution in [2.45, 2.75) is 6.54 Å². The molecule has 0 radical (unpaired) electrons. The molecule has 0 fully saturated rings. The maximum Gasteiger partial charge on any atom is 0.256 e. The number of carbonyl (C=O) groups is 1. The standard InChI is InChI=1S/C15H12BrF2NO/c1-19(9-10-3-2-4-12(17)7-10)15(20)13-8-11(16)5-6-14(13)18/h2-8H,9H2,1H3. The minimum absolute atomic E-state index is 0.0155. The molecule has 1 amide bonds. The van der Waals surface area contributed by atoms with Gasteiger partial charge < -0.3 is 4.90 Å². The van der Waals surface area contributed by atoms with E-state index >= 15 is 0 Å². The summed E-state index contributed by atoms with van der Waals surface area (Å²) < 4.78 is 27.4. The number of rotatable bonds is 3. The third-order valence-corrected chi connectivity index (χ3v) is 3.31. The Labute approximate surface area is 124 Å². The monoisotopic (exact) mass is 339 g/mol. The lowest BCUT2D eigenvalue weighted by atomic mass is 10.1. The van der Waals surface area contributed by atoms with Gasteiger partial charge in [0.25, 0.3) is 5.91 Å². The Morgan fingerprint density at radius 3 is 2.65 bits per heavy atom. The number of amides is 1. The van der Waals surface area contributed by atoms with Crippen molar-refractivity contribution in [2.75, 3.05) is 7.05 Å². The number of carbonyl (C=O) groups excluding carboxylic acids is 1. The summed E-state index contributed by atoms with van der Waals surface area (Å²) in [5.41, 5.74) is 0.634. The van der Waals surface area contributed by atoms with Gasteiger partial charge in [0.1, 0.15) is 11.6 Å². The number of hydrogen-bond acceptors (Lipinski definition) is 1. The summed E-state index contributed by atoms with van der Waals surface area (Å²) in [5.74, 6) is -1.39. The lowest BCUT2D eigenvalue weighted by molar-refractivity contribution is 0.0780. The van der Waals surface area contributed by atoms with Crippen LogP contribution in [0, 0.1) is 11.6 Å². The topological polar surface area (TPSA) is 20.3 Å². The second-order valence-corrected chi connectivity index (χ2v) is 5.33. The van der Waals surface area contributed by atoms with E-state index in [0.717, 1.165) is 0 Å². The summed E-state index contributed by atoms with van der Waals surface area (Å²) in [4.78, 5) is 13.5. The van der Waals surface area contributed by atoms with Crippen LogP contribution in [-0.2, 0) is 6.54 Å². The maximum atomic E-state index is 13.7. The molecule has 0 saturated heterocycles. The smallest absolute Gasteiger partial charge is 0.256 e. The highest BCUT2D eigenvalue weighted by Crippen LogP contribution is 2.18. The minimum Gasteiger partial charge on any atom is -0.337 e. The van der Waals surface area contributed by atoms with Crippen LogP contribution < -0.4 is 0 Å². The van der Waals surface area contributed by atoms with Gasteiger partial charge in [0.15, 0.2) is 0 Å². The first-order chi connectivity index (χ1) is 9.47. The van der Waals surface area contributed by atoms with Crippen LogP contribution in [0.4, 0.5) is 8.78 Å². The van der Waals surface area contributed by atoms with Crippen molar-refractivity contribution in [2.24, 2.45) is 0 Å². The molecule has 0 atom stereocenters. The third-order valence-electron chi connectivity index (χ3n) is 2.81. The summed E-state index contributed by atoms with van der Waals surface area (Å²) in [5, 5.41) is 0. The van der Waals surface area contributed by atoms with Crippen LogP contribution >= 0.6 is 15.9 Å². The summed E-state index contributed by atoms with van der Waals surface area (Å²) in [6, 6.07) is 10.2. The Morgan fingerprint density at radius 2 is 1.95 bits per heavy atom. The van der Waals surface area contributed by atoms with E-state index in [4.69, 9.17) is 0 Å². The highest BCUT2D eigenvalue weighted by Gasteiger charge is 2.16. The Hall–Kier alpha value is -1.75. The number of nitrogens with zero attached hydrogens (tertiary/aromatic N) is 1. The predicted molar refractivity (Wildman–Crippen MR) is 76.3 cm³/mol. The molecule has 0 unspecified atom stereocenters. The summed E-state index contributed by atoms with van der Waals surface area (Å²) in [6.45, 7) is 0.211. The van der Waals surface area contributed by atoms with E-state index in [9.17, 15) is 13.6 Å². The van der Waals surface area contributed by atoms with Gasteiger partial charge in [0, 0.05) is 18.1 Å². The van der Waals surface area contributed by atoms with E-state index in [1.807, 2.05) is 0 Å². The minimum atomic E-state index is -0.579. The van der Waals surface area contributed by atoms with Gasteiger partial charge in [-0.05, 0) is 35.9 Å². The lowest BCUT2D eigenvalue weighted by Crippen LogP contribution is -2.27. The van der Waals surface area contributed by atoms with Crippen molar-refractivity contribution in [1.82, 2.24) is 4.90 Å².